The lowest BCUT2D eigenvalue weighted by molar-refractivity contribution is -0.131. The van der Waals surface area contributed by atoms with E-state index in [-0.39, 0.29) is 5.37 Å². The summed E-state index contributed by atoms with van der Waals surface area (Å²) in [6.07, 6.45) is 8.20. The Kier molecular flexibility index (Phi) is 7.11. The summed E-state index contributed by atoms with van der Waals surface area (Å²) in [4.78, 5) is 17.2. The normalized spacial score (nSPS) is 18.4. The van der Waals surface area contributed by atoms with E-state index in [1.165, 1.54) is 41.9 Å². The Morgan fingerprint density at radius 3 is 2.71 bits per heavy atom. The van der Waals surface area contributed by atoms with Crippen LogP contribution >= 0.6 is 23.1 Å². The minimum atomic E-state index is 0.274. The zero-order chi connectivity index (χ0) is 15.1. The number of carbonyl (C=O) groups excluding carboxylic acids is 1. The highest BCUT2D eigenvalue weighted by molar-refractivity contribution is 7.99. The summed E-state index contributed by atoms with van der Waals surface area (Å²) in [5, 5.41) is 0.274. The number of thiophene rings is 1. The highest BCUT2D eigenvalue weighted by Crippen LogP contribution is 2.41. The van der Waals surface area contributed by atoms with Gasteiger partial charge in [-0.1, -0.05) is 39.0 Å². The Labute approximate surface area is 137 Å². The van der Waals surface area contributed by atoms with E-state index in [9.17, 15) is 4.79 Å². The summed E-state index contributed by atoms with van der Waals surface area (Å²) >= 11 is 3.74. The number of hydrogen-bond acceptors (Lipinski definition) is 3. The maximum absolute atomic E-state index is 12.4. The third-order valence-electron chi connectivity index (χ3n) is 3.96. The van der Waals surface area contributed by atoms with E-state index in [0.717, 1.165) is 25.1 Å². The molecule has 0 bridgehead atoms. The number of amides is 1. The predicted octanol–water partition coefficient (Wildman–Crippen LogP) is 5.38. The summed E-state index contributed by atoms with van der Waals surface area (Å²) in [6.45, 7) is 5.29. The molecule has 1 fully saturated rings. The van der Waals surface area contributed by atoms with Crippen molar-refractivity contribution in [1.29, 1.82) is 0 Å². The maximum Gasteiger partial charge on any atom is 0.223 e. The molecule has 2 nitrogen and oxygen atoms in total. The van der Waals surface area contributed by atoms with Gasteiger partial charge in [-0.15, -0.1) is 23.1 Å². The van der Waals surface area contributed by atoms with Crippen LogP contribution in [0.1, 0.15) is 67.0 Å². The molecule has 1 aliphatic heterocycles. The molecule has 0 spiro atoms. The van der Waals surface area contributed by atoms with E-state index in [0.29, 0.717) is 5.91 Å². The molecule has 118 valence electrons. The fourth-order valence-corrected chi connectivity index (χ4v) is 5.14. The average molecular weight is 326 g/mol. The Bertz CT molecular complexity index is 444. The highest BCUT2D eigenvalue weighted by atomic mass is 32.2. The molecule has 1 aromatic rings. The van der Waals surface area contributed by atoms with E-state index in [4.69, 9.17) is 0 Å². The third kappa shape index (κ3) is 5.03. The van der Waals surface area contributed by atoms with E-state index < -0.39 is 0 Å². The van der Waals surface area contributed by atoms with E-state index in [1.54, 1.807) is 0 Å². The van der Waals surface area contributed by atoms with Gasteiger partial charge in [-0.25, -0.2) is 0 Å². The largest absolute Gasteiger partial charge is 0.325 e. The Morgan fingerprint density at radius 1 is 1.24 bits per heavy atom. The van der Waals surface area contributed by atoms with Gasteiger partial charge in [0.05, 0.1) is 0 Å². The van der Waals surface area contributed by atoms with Gasteiger partial charge in [0.15, 0.2) is 0 Å². The Morgan fingerprint density at radius 2 is 2.00 bits per heavy atom. The van der Waals surface area contributed by atoms with Crippen LogP contribution in [0, 0.1) is 6.92 Å². The van der Waals surface area contributed by atoms with Gasteiger partial charge in [0.2, 0.25) is 5.91 Å². The number of aryl methyl sites for hydroxylation is 1. The molecule has 0 aliphatic carbocycles. The third-order valence-corrected chi connectivity index (χ3v) is 6.40. The average Bonchev–Trinajstić information content (AvgIpc) is 3.10. The molecule has 1 aliphatic rings. The molecule has 1 amide bonds. The van der Waals surface area contributed by atoms with Gasteiger partial charge in [-0.3, -0.25) is 4.79 Å². The van der Waals surface area contributed by atoms with Crippen LogP contribution in [0.2, 0.25) is 0 Å². The van der Waals surface area contributed by atoms with Crippen molar-refractivity contribution in [3.05, 3.63) is 21.9 Å². The van der Waals surface area contributed by atoms with Crippen LogP contribution in [0.4, 0.5) is 0 Å². The molecule has 21 heavy (non-hydrogen) atoms. The zero-order valence-electron chi connectivity index (χ0n) is 13.3. The summed E-state index contributed by atoms with van der Waals surface area (Å²) in [5.74, 6) is 1.43. The van der Waals surface area contributed by atoms with Crippen molar-refractivity contribution in [3.63, 3.8) is 0 Å². The van der Waals surface area contributed by atoms with Crippen molar-refractivity contribution in [3.8, 4) is 0 Å². The predicted molar refractivity (Wildman–Crippen MR) is 94.0 cm³/mol. The van der Waals surface area contributed by atoms with Gasteiger partial charge < -0.3 is 4.90 Å². The first-order valence-electron chi connectivity index (χ1n) is 8.19. The number of rotatable bonds is 8. The lowest BCUT2D eigenvalue weighted by Gasteiger charge is -2.23. The number of nitrogens with zero attached hydrogens (tertiary/aromatic N) is 1. The zero-order valence-corrected chi connectivity index (χ0v) is 14.9. The topological polar surface area (TPSA) is 20.3 Å². The highest BCUT2D eigenvalue weighted by Gasteiger charge is 2.30. The first kappa shape index (κ1) is 16.9. The Hall–Kier alpha value is -0.480. The molecular weight excluding hydrogens is 298 g/mol. The smallest absolute Gasteiger partial charge is 0.223 e. The van der Waals surface area contributed by atoms with Crippen molar-refractivity contribution in [2.45, 2.75) is 64.2 Å². The fraction of sp³-hybridized carbons (Fsp3) is 0.706. The van der Waals surface area contributed by atoms with Crippen molar-refractivity contribution < 1.29 is 4.79 Å². The molecule has 2 heterocycles. The second kappa shape index (κ2) is 8.84. The van der Waals surface area contributed by atoms with Gasteiger partial charge in [-0.2, -0.15) is 0 Å². The van der Waals surface area contributed by atoms with Gasteiger partial charge in [0.25, 0.3) is 0 Å². The molecule has 1 atom stereocenters. The van der Waals surface area contributed by atoms with Crippen LogP contribution in [0.25, 0.3) is 0 Å². The molecule has 0 saturated carbocycles. The van der Waals surface area contributed by atoms with Crippen LogP contribution in [0.5, 0.6) is 0 Å². The van der Waals surface area contributed by atoms with Crippen molar-refractivity contribution >= 4 is 29.0 Å². The molecule has 0 aromatic carbocycles. The molecular formula is C17H27NOS2. The monoisotopic (exact) mass is 325 g/mol. The minimum Gasteiger partial charge on any atom is -0.325 e. The molecule has 2 rings (SSSR count). The summed E-state index contributed by atoms with van der Waals surface area (Å²) in [7, 11) is 0. The van der Waals surface area contributed by atoms with Gasteiger partial charge >= 0.3 is 0 Å². The fourth-order valence-electron chi connectivity index (χ4n) is 2.75. The Balaban J connectivity index is 1.76. The summed E-state index contributed by atoms with van der Waals surface area (Å²) in [6, 6.07) is 4.35. The van der Waals surface area contributed by atoms with Crippen LogP contribution < -0.4 is 0 Å². The maximum atomic E-state index is 12.4. The second-order valence-corrected chi connectivity index (χ2v) is 8.28. The summed E-state index contributed by atoms with van der Waals surface area (Å²) in [5.41, 5.74) is 0. The van der Waals surface area contributed by atoms with Crippen molar-refractivity contribution in [2.24, 2.45) is 0 Å². The first-order valence-corrected chi connectivity index (χ1v) is 10.1. The van der Waals surface area contributed by atoms with Gasteiger partial charge in [0, 0.05) is 28.5 Å². The van der Waals surface area contributed by atoms with Crippen LogP contribution in [-0.2, 0) is 4.79 Å². The van der Waals surface area contributed by atoms with E-state index in [1.807, 2.05) is 23.1 Å². The summed E-state index contributed by atoms with van der Waals surface area (Å²) < 4.78 is 0. The second-order valence-electron chi connectivity index (χ2n) is 5.78. The van der Waals surface area contributed by atoms with Gasteiger partial charge in [-0.05, 0) is 25.5 Å². The quantitative estimate of drug-likeness (QED) is 0.598. The molecule has 4 heteroatoms. The van der Waals surface area contributed by atoms with Crippen molar-refractivity contribution in [2.75, 3.05) is 12.3 Å². The van der Waals surface area contributed by atoms with Crippen LogP contribution in [0.15, 0.2) is 12.1 Å². The van der Waals surface area contributed by atoms with E-state index in [2.05, 4.69) is 30.9 Å². The number of carbonyl (C=O) groups is 1. The number of hydrogen-bond donors (Lipinski definition) is 0. The SMILES string of the molecule is CCCCCCCCC(=O)N1CCSC1c1ccc(C)s1. The molecule has 0 radical (unpaired) electrons. The lowest BCUT2D eigenvalue weighted by atomic mass is 10.1. The van der Waals surface area contributed by atoms with E-state index >= 15 is 0 Å². The van der Waals surface area contributed by atoms with Crippen LogP contribution in [-0.4, -0.2) is 23.1 Å². The lowest BCUT2D eigenvalue weighted by Crippen LogP contribution is -2.29. The van der Waals surface area contributed by atoms with Gasteiger partial charge in [0.1, 0.15) is 5.37 Å². The number of thioether (sulfide) groups is 1. The molecule has 1 aromatic heterocycles. The standard InChI is InChI=1S/C17H27NOS2/c1-3-4-5-6-7-8-9-16(19)18-12-13-20-17(18)15-11-10-14(2)21-15/h10-11,17H,3-9,12-13H2,1-2H3. The molecule has 0 N–H and O–H groups in total. The first-order chi connectivity index (χ1) is 10.2. The van der Waals surface area contributed by atoms with Crippen molar-refractivity contribution in [1.82, 2.24) is 4.90 Å². The molecule has 1 unspecified atom stereocenters. The molecule has 1 saturated heterocycles. The number of unbranched alkanes of at least 4 members (excludes halogenated alkanes) is 5. The van der Waals surface area contributed by atoms with Crippen LogP contribution in [0.3, 0.4) is 0 Å². The minimum absolute atomic E-state index is 0.274.